The molecule has 0 saturated carbocycles. The Kier molecular flexibility index (Phi) is 5.01. The summed E-state index contributed by atoms with van der Waals surface area (Å²) in [5, 5.41) is 3.90. The highest BCUT2D eigenvalue weighted by Crippen LogP contribution is 2.39. The third-order valence-electron chi connectivity index (χ3n) is 7.98. The number of anilines is 3. The predicted molar refractivity (Wildman–Crippen MR) is 192 cm³/mol. The van der Waals surface area contributed by atoms with Gasteiger partial charge in [-0.25, -0.2) is 0 Å². The highest BCUT2D eigenvalue weighted by molar-refractivity contribution is 5.97. The van der Waals surface area contributed by atoms with Gasteiger partial charge in [0.25, 0.3) is 0 Å². The molecule has 0 aliphatic carbocycles. The van der Waals surface area contributed by atoms with Crippen molar-refractivity contribution in [2.24, 2.45) is 0 Å². The van der Waals surface area contributed by atoms with E-state index in [0.717, 1.165) is 32.7 Å². The number of hydrogen-bond acceptors (Lipinski definition) is 1. The molecular formula is C44H31N. The Balaban J connectivity index is 1.41. The van der Waals surface area contributed by atoms with Crippen LogP contribution in [0.4, 0.5) is 17.1 Å². The fraction of sp³-hybridized carbons (Fsp3) is 0. The second kappa shape index (κ2) is 11.6. The Labute approximate surface area is 275 Å². The lowest BCUT2D eigenvalue weighted by Gasteiger charge is -2.26. The van der Waals surface area contributed by atoms with Crippen molar-refractivity contribution in [1.29, 1.82) is 0 Å². The van der Waals surface area contributed by atoms with Crippen molar-refractivity contribution in [3.05, 3.63) is 188 Å². The Bertz CT molecular complexity index is 2660. The van der Waals surface area contributed by atoms with E-state index in [1.165, 1.54) is 4.90 Å². The topological polar surface area (TPSA) is 3.24 Å². The Morgan fingerprint density at radius 1 is 0.333 bits per heavy atom. The summed E-state index contributed by atoms with van der Waals surface area (Å²) >= 11 is 0. The van der Waals surface area contributed by atoms with Crippen LogP contribution in [0.2, 0.25) is 0 Å². The maximum Gasteiger partial charge on any atom is 0.0645 e. The molecule has 212 valence electrons. The third kappa shape index (κ3) is 5.26. The van der Waals surface area contributed by atoms with E-state index >= 15 is 0 Å². The molecule has 0 radical (unpaired) electrons. The van der Waals surface area contributed by atoms with E-state index in [1.807, 2.05) is 97.1 Å². The van der Waals surface area contributed by atoms with Gasteiger partial charge in [-0.3, -0.25) is 0 Å². The molecule has 0 saturated heterocycles. The van der Waals surface area contributed by atoms with E-state index < -0.39 is 0 Å². The molecule has 0 unspecified atom stereocenters. The minimum atomic E-state index is -0.381. The van der Waals surface area contributed by atoms with Crippen LogP contribution in [-0.2, 0) is 0 Å². The molecular weight excluding hydrogens is 542 g/mol. The van der Waals surface area contributed by atoms with Gasteiger partial charge in [-0.1, -0.05) is 145 Å². The van der Waals surface area contributed by atoms with Gasteiger partial charge < -0.3 is 4.90 Å². The summed E-state index contributed by atoms with van der Waals surface area (Å²) in [6.07, 6.45) is 0. The second-order valence-electron chi connectivity index (χ2n) is 10.8. The van der Waals surface area contributed by atoms with Crippen LogP contribution in [0.25, 0.3) is 54.9 Å². The fourth-order valence-electron chi connectivity index (χ4n) is 5.73. The van der Waals surface area contributed by atoms with Crippen LogP contribution in [0.15, 0.2) is 188 Å². The summed E-state index contributed by atoms with van der Waals surface area (Å²) in [5.74, 6) is 0. The van der Waals surface area contributed by atoms with Crippen molar-refractivity contribution in [3.8, 4) is 33.4 Å². The zero-order valence-corrected chi connectivity index (χ0v) is 24.2. The van der Waals surface area contributed by atoms with Crippen LogP contribution in [0, 0.1) is 0 Å². The van der Waals surface area contributed by atoms with Gasteiger partial charge in [-0.05, 0) is 97.3 Å². The number of hydrogen-bond donors (Lipinski definition) is 0. The first kappa shape index (κ1) is 19.4. The van der Waals surface area contributed by atoms with Crippen LogP contribution in [0.1, 0.15) is 11.0 Å². The molecule has 0 aliphatic rings. The normalized spacial score (nSPS) is 13.6. The molecule has 45 heavy (non-hydrogen) atoms. The van der Waals surface area contributed by atoms with Crippen molar-refractivity contribution in [2.75, 3.05) is 4.90 Å². The molecule has 1 heteroatoms. The molecule has 8 rings (SSSR count). The molecule has 0 heterocycles. The average molecular weight is 582 g/mol. The molecule has 0 bridgehead atoms. The molecule has 1 nitrogen and oxygen atoms in total. The van der Waals surface area contributed by atoms with Crippen molar-refractivity contribution in [3.63, 3.8) is 0 Å². The van der Waals surface area contributed by atoms with Crippen molar-refractivity contribution >= 4 is 38.6 Å². The van der Waals surface area contributed by atoms with E-state index in [-0.39, 0.29) is 70.8 Å². The van der Waals surface area contributed by atoms with Gasteiger partial charge in [0.2, 0.25) is 0 Å². The third-order valence-corrected chi connectivity index (χ3v) is 7.98. The zero-order valence-electron chi connectivity index (χ0n) is 32.2. The molecule has 0 amide bonds. The molecule has 0 N–H and O–H groups in total. The highest BCUT2D eigenvalue weighted by atomic mass is 15.1. The lowest BCUT2D eigenvalue weighted by Crippen LogP contribution is -2.10. The monoisotopic (exact) mass is 581 g/mol. The van der Waals surface area contributed by atoms with E-state index in [4.69, 9.17) is 2.74 Å². The predicted octanol–water partition coefficient (Wildman–Crippen LogP) is 12.5. The SMILES string of the molecule is [2H]c1c([2H])c(N(c2cccc(-c3cccc4ccccc34)c2)c2c([2H])c([2H])c(-c3ccc4ccccc4c3)c([2H])c2[2H])c([2H])c([2H])c1-c1ccccc1. The second-order valence-corrected chi connectivity index (χ2v) is 10.8. The van der Waals surface area contributed by atoms with Crippen molar-refractivity contribution < 1.29 is 11.0 Å². The van der Waals surface area contributed by atoms with E-state index in [9.17, 15) is 8.22 Å². The number of fused-ring (bicyclic) bond motifs is 2. The Hall–Kier alpha value is -5.92. The summed E-state index contributed by atoms with van der Waals surface area (Å²) in [6, 6.07) is 40.5. The molecule has 0 fully saturated rings. The Morgan fingerprint density at radius 3 is 1.67 bits per heavy atom. The minimum absolute atomic E-state index is 0.123. The summed E-state index contributed by atoms with van der Waals surface area (Å²) in [6.45, 7) is 0. The lowest BCUT2D eigenvalue weighted by atomic mass is 9.97. The number of benzene rings is 8. The van der Waals surface area contributed by atoms with Gasteiger partial charge in [0.05, 0.1) is 11.0 Å². The summed E-state index contributed by atoms with van der Waals surface area (Å²) in [5.41, 5.74) is 2.96. The first-order valence-electron chi connectivity index (χ1n) is 18.8. The van der Waals surface area contributed by atoms with Crippen LogP contribution in [-0.4, -0.2) is 0 Å². The maximum absolute atomic E-state index is 9.42. The van der Waals surface area contributed by atoms with Crippen LogP contribution in [0.3, 0.4) is 0 Å². The zero-order chi connectivity index (χ0) is 37.0. The first-order chi connectivity index (χ1) is 25.7. The molecule has 0 aromatic heterocycles. The molecule has 8 aromatic rings. The Morgan fingerprint density at radius 2 is 0.911 bits per heavy atom. The smallest absolute Gasteiger partial charge is 0.0645 e. The number of rotatable bonds is 6. The van der Waals surface area contributed by atoms with Crippen LogP contribution >= 0.6 is 0 Å². The van der Waals surface area contributed by atoms with Gasteiger partial charge in [0, 0.05) is 17.1 Å². The summed E-state index contributed by atoms with van der Waals surface area (Å²) in [7, 11) is 0. The van der Waals surface area contributed by atoms with Gasteiger partial charge in [-0.15, -0.1) is 0 Å². The lowest BCUT2D eigenvalue weighted by molar-refractivity contribution is 1.28. The van der Waals surface area contributed by atoms with E-state index in [0.29, 0.717) is 16.8 Å². The standard InChI is InChI=1S/C44H31N/c1-2-10-32(11-3-1)34-22-26-40(27-23-34)45(41-28-24-35(25-29-41)38-21-20-33-12-4-5-14-37(33)30-38)42-17-8-16-39(31-42)44-19-9-15-36-13-6-7-18-43(36)44/h1-31H/i22D,23D,24D,25D,26D,27D,28D,29D. The highest BCUT2D eigenvalue weighted by Gasteiger charge is 2.15. The first-order valence-corrected chi connectivity index (χ1v) is 14.8. The maximum atomic E-state index is 9.42. The van der Waals surface area contributed by atoms with Gasteiger partial charge in [0.1, 0.15) is 0 Å². The fourth-order valence-corrected chi connectivity index (χ4v) is 5.73. The summed E-state index contributed by atoms with van der Waals surface area (Å²) < 4.78 is 74.2. The molecule has 0 atom stereocenters. The van der Waals surface area contributed by atoms with Crippen LogP contribution in [0.5, 0.6) is 0 Å². The molecule has 8 aromatic carbocycles. The van der Waals surface area contributed by atoms with Gasteiger partial charge in [0.15, 0.2) is 0 Å². The van der Waals surface area contributed by atoms with E-state index in [1.54, 1.807) is 42.5 Å². The van der Waals surface area contributed by atoms with Crippen molar-refractivity contribution in [1.82, 2.24) is 0 Å². The minimum Gasteiger partial charge on any atom is -0.310 e. The molecule has 0 spiro atoms. The summed E-state index contributed by atoms with van der Waals surface area (Å²) in [4.78, 5) is 1.36. The number of nitrogens with zero attached hydrogens (tertiary/aromatic N) is 1. The largest absolute Gasteiger partial charge is 0.310 e. The quantitative estimate of drug-likeness (QED) is 0.189. The van der Waals surface area contributed by atoms with Gasteiger partial charge in [-0.2, -0.15) is 0 Å². The van der Waals surface area contributed by atoms with Gasteiger partial charge >= 0.3 is 0 Å². The molecule has 0 aliphatic heterocycles. The van der Waals surface area contributed by atoms with Crippen molar-refractivity contribution in [2.45, 2.75) is 0 Å². The average Bonchev–Trinajstić information content (AvgIpc) is 3.19. The van der Waals surface area contributed by atoms with Crippen LogP contribution < -0.4 is 4.90 Å². The van der Waals surface area contributed by atoms with E-state index in [2.05, 4.69) is 0 Å².